The van der Waals surface area contributed by atoms with Gasteiger partial charge in [0.25, 0.3) is 5.91 Å². The Bertz CT molecular complexity index is 1210. The summed E-state index contributed by atoms with van der Waals surface area (Å²) in [4.78, 5) is 33.1. The third-order valence-electron chi connectivity index (χ3n) is 6.46. The zero-order valence-corrected chi connectivity index (χ0v) is 17.5. The van der Waals surface area contributed by atoms with Crippen molar-refractivity contribution in [2.24, 2.45) is 5.41 Å². The molecule has 1 spiro atoms. The van der Waals surface area contributed by atoms with Gasteiger partial charge in [-0.05, 0) is 25.0 Å². The summed E-state index contributed by atoms with van der Waals surface area (Å²) in [7, 11) is 2.97. The molecule has 162 valence electrons. The van der Waals surface area contributed by atoms with Crippen LogP contribution < -0.4 is 10.5 Å². The lowest BCUT2D eigenvalue weighted by Crippen LogP contribution is -2.35. The standard InChI is InChI=1S/C21H24N6O4/c1-30-16-5-3-4-13-15-10-14(24-27(15)19(22)23-17(13)16)18(28)25-8-6-21(11-25)7-9-26(12-21)20(29)31-2/h3-5,10H,6-9,11-12H2,1-2H3,(H2,22,23). The molecule has 1 atom stereocenters. The molecule has 2 N–H and O–H groups in total. The molecule has 3 aromatic rings. The van der Waals surface area contributed by atoms with Crippen LogP contribution in [0.25, 0.3) is 16.4 Å². The highest BCUT2D eigenvalue weighted by Crippen LogP contribution is 2.40. The van der Waals surface area contributed by atoms with Gasteiger partial charge >= 0.3 is 6.09 Å². The monoisotopic (exact) mass is 424 g/mol. The highest BCUT2D eigenvalue weighted by atomic mass is 16.5. The number of anilines is 1. The van der Waals surface area contributed by atoms with Gasteiger partial charge in [0, 0.05) is 37.0 Å². The second-order valence-electron chi connectivity index (χ2n) is 8.27. The van der Waals surface area contributed by atoms with Crippen LogP contribution in [0, 0.1) is 5.41 Å². The predicted molar refractivity (Wildman–Crippen MR) is 113 cm³/mol. The van der Waals surface area contributed by atoms with Gasteiger partial charge in [-0.3, -0.25) is 4.79 Å². The van der Waals surface area contributed by atoms with Gasteiger partial charge in [0.15, 0.2) is 5.69 Å². The zero-order chi connectivity index (χ0) is 21.8. The third kappa shape index (κ3) is 3.01. The molecule has 0 aliphatic carbocycles. The molecule has 1 aromatic carbocycles. The number of fused-ring (bicyclic) bond motifs is 3. The lowest BCUT2D eigenvalue weighted by molar-refractivity contribution is 0.0767. The summed E-state index contributed by atoms with van der Waals surface area (Å²) in [5, 5.41) is 5.25. The van der Waals surface area contributed by atoms with E-state index in [9.17, 15) is 9.59 Å². The quantitative estimate of drug-likeness (QED) is 0.667. The molecule has 4 heterocycles. The Hall–Kier alpha value is -3.56. The maximum atomic E-state index is 13.3. The first-order valence-corrected chi connectivity index (χ1v) is 10.2. The Morgan fingerprint density at radius 2 is 1.87 bits per heavy atom. The first kappa shape index (κ1) is 19.4. The second kappa shape index (κ2) is 7.00. The molecule has 2 amide bonds. The van der Waals surface area contributed by atoms with E-state index in [2.05, 4.69) is 10.1 Å². The van der Waals surface area contributed by atoms with Crippen LogP contribution in [0.3, 0.4) is 0 Å². The number of carbonyl (C=O) groups is 2. The molecule has 1 unspecified atom stereocenters. The zero-order valence-electron chi connectivity index (χ0n) is 17.5. The molecule has 2 aliphatic heterocycles. The van der Waals surface area contributed by atoms with Crippen LogP contribution in [-0.4, -0.2) is 76.8 Å². The number of carbonyl (C=O) groups excluding carboxylic acids is 2. The Balaban J connectivity index is 1.44. The van der Waals surface area contributed by atoms with Crippen LogP contribution in [0.5, 0.6) is 5.75 Å². The van der Waals surface area contributed by atoms with Crippen molar-refractivity contribution in [1.29, 1.82) is 0 Å². The summed E-state index contributed by atoms with van der Waals surface area (Å²) >= 11 is 0. The summed E-state index contributed by atoms with van der Waals surface area (Å²) in [6, 6.07) is 7.34. The van der Waals surface area contributed by atoms with Gasteiger partial charge in [-0.15, -0.1) is 0 Å². The van der Waals surface area contributed by atoms with Crippen molar-refractivity contribution in [3.05, 3.63) is 30.0 Å². The third-order valence-corrected chi connectivity index (χ3v) is 6.46. The van der Waals surface area contributed by atoms with Crippen molar-refractivity contribution < 1.29 is 19.1 Å². The van der Waals surface area contributed by atoms with Crippen LogP contribution in [0.15, 0.2) is 24.3 Å². The number of hydrogen-bond donors (Lipinski definition) is 1. The molecule has 10 nitrogen and oxygen atoms in total. The highest BCUT2D eigenvalue weighted by molar-refractivity contribution is 6.01. The summed E-state index contributed by atoms with van der Waals surface area (Å²) in [6.45, 7) is 2.48. The smallest absolute Gasteiger partial charge is 0.409 e. The van der Waals surface area contributed by atoms with Crippen LogP contribution in [0.4, 0.5) is 10.7 Å². The minimum atomic E-state index is -0.313. The average Bonchev–Trinajstić information content (AvgIpc) is 3.52. The van der Waals surface area contributed by atoms with E-state index in [0.29, 0.717) is 48.7 Å². The Labute approximate surface area is 178 Å². The number of aromatic nitrogens is 3. The molecule has 2 fully saturated rings. The van der Waals surface area contributed by atoms with Gasteiger partial charge in [-0.1, -0.05) is 12.1 Å². The minimum Gasteiger partial charge on any atom is -0.494 e. The number of rotatable bonds is 2. The summed E-state index contributed by atoms with van der Waals surface area (Å²) in [5.74, 6) is 0.652. The normalized spacial score (nSPS) is 20.8. The van der Waals surface area contributed by atoms with Gasteiger partial charge in [0.05, 0.1) is 19.7 Å². The van der Waals surface area contributed by atoms with E-state index >= 15 is 0 Å². The van der Waals surface area contributed by atoms with E-state index in [-0.39, 0.29) is 23.4 Å². The summed E-state index contributed by atoms with van der Waals surface area (Å²) in [5.41, 5.74) is 7.70. The first-order chi connectivity index (χ1) is 14.9. The van der Waals surface area contributed by atoms with Gasteiger partial charge in [0.1, 0.15) is 11.3 Å². The average molecular weight is 424 g/mol. The molecule has 10 heteroatoms. The molecule has 2 saturated heterocycles. The van der Waals surface area contributed by atoms with Crippen LogP contribution in [0.1, 0.15) is 23.3 Å². The SMILES string of the molecule is COC(=O)N1CCC2(CCN(C(=O)c3cc4c5cccc(OC)c5nc(N)n4n3)C2)C1. The fraction of sp³-hybridized carbons (Fsp3) is 0.429. The van der Waals surface area contributed by atoms with Crippen LogP contribution >= 0.6 is 0 Å². The van der Waals surface area contributed by atoms with Crippen molar-refractivity contribution in [2.75, 3.05) is 46.1 Å². The number of nitrogens with two attached hydrogens (primary N) is 1. The second-order valence-corrected chi connectivity index (χ2v) is 8.27. The predicted octanol–water partition coefficient (Wildman–Crippen LogP) is 1.78. The van der Waals surface area contributed by atoms with Crippen LogP contribution in [0.2, 0.25) is 0 Å². The lowest BCUT2D eigenvalue weighted by atomic mass is 9.86. The number of likely N-dealkylation sites (tertiary alicyclic amines) is 2. The number of benzene rings is 1. The number of nitrogens with zero attached hydrogens (tertiary/aromatic N) is 5. The number of para-hydroxylation sites is 1. The Morgan fingerprint density at radius 3 is 2.61 bits per heavy atom. The fourth-order valence-corrected chi connectivity index (χ4v) is 4.85. The van der Waals surface area contributed by atoms with Crippen molar-refractivity contribution in [3.63, 3.8) is 0 Å². The molecule has 2 aliphatic rings. The van der Waals surface area contributed by atoms with E-state index in [4.69, 9.17) is 15.2 Å². The largest absolute Gasteiger partial charge is 0.494 e. The van der Waals surface area contributed by atoms with Crippen LogP contribution in [-0.2, 0) is 4.74 Å². The van der Waals surface area contributed by atoms with E-state index in [1.165, 1.54) is 11.6 Å². The summed E-state index contributed by atoms with van der Waals surface area (Å²) in [6.07, 6.45) is 1.40. The number of ether oxygens (including phenoxy) is 2. The van der Waals surface area contributed by atoms with E-state index in [1.54, 1.807) is 18.1 Å². The lowest BCUT2D eigenvalue weighted by Gasteiger charge is -2.23. The molecule has 0 radical (unpaired) electrons. The maximum absolute atomic E-state index is 13.3. The van der Waals surface area contributed by atoms with Gasteiger partial charge in [-0.25, -0.2) is 9.78 Å². The molecule has 0 saturated carbocycles. The molecular weight excluding hydrogens is 400 g/mol. The number of hydrogen-bond acceptors (Lipinski definition) is 7. The minimum absolute atomic E-state index is 0.0797. The Kier molecular flexibility index (Phi) is 4.38. The maximum Gasteiger partial charge on any atom is 0.409 e. The van der Waals surface area contributed by atoms with Crippen molar-refractivity contribution >= 4 is 34.4 Å². The Morgan fingerprint density at radius 1 is 1.13 bits per heavy atom. The van der Waals surface area contributed by atoms with Gasteiger partial charge in [-0.2, -0.15) is 9.61 Å². The number of amides is 2. The number of nitrogen functional groups attached to an aromatic ring is 1. The van der Waals surface area contributed by atoms with E-state index in [0.717, 1.165) is 18.2 Å². The van der Waals surface area contributed by atoms with Crippen molar-refractivity contribution in [1.82, 2.24) is 24.4 Å². The highest BCUT2D eigenvalue weighted by Gasteiger charge is 2.46. The fourth-order valence-electron chi connectivity index (χ4n) is 4.85. The van der Waals surface area contributed by atoms with Crippen molar-refractivity contribution in [3.8, 4) is 5.75 Å². The molecule has 31 heavy (non-hydrogen) atoms. The number of methoxy groups -OCH3 is 2. The van der Waals surface area contributed by atoms with E-state index < -0.39 is 0 Å². The molecule has 0 bridgehead atoms. The van der Waals surface area contributed by atoms with Gasteiger partial charge < -0.3 is 25.0 Å². The topological polar surface area (TPSA) is 115 Å². The molecular formula is C21H24N6O4. The van der Waals surface area contributed by atoms with Crippen molar-refractivity contribution in [2.45, 2.75) is 12.8 Å². The molecule has 2 aromatic heterocycles. The van der Waals surface area contributed by atoms with Gasteiger partial charge in [0.2, 0.25) is 5.95 Å². The van der Waals surface area contributed by atoms with E-state index in [1.807, 2.05) is 23.1 Å². The molecule has 5 rings (SSSR count). The first-order valence-electron chi connectivity index (χ1n) is 10.2. The summed E-state index contributed by atoms with van der Waals surface area (Å²) < 4.78 is 11.7.